The molecule has 0 bridgehead atoms. The molecule has 0 saturated carbocycles. The zero-order valence-corrected chi connectivity index (χ0v) is 3.89. The van der Waals surface area contributed by atoms with E-state index in [4.69, 9.17) is 0 Å². The number of hydrogen-bond donors (Lipinski definition) is 0. The molecular formula is C3H3N3O2. The zero-order chi connectivity index (χ0) is 5.98. The van der Waals surface area contributed by atoms with Crippen molar-refractivity contribution < 1.29 is 9.46 Å². The minimum absolute atomic E-state index is 0.326. The van der Waals surface area contributed by atoms with Crippen molar-refractivity contribution in [2.45, 2.75) is 0 Å². The second-order valence-electron chi connectivity index (χ2n) is 1.22. The lowest BCUT2D eigenvalue weighted by molar-refractivity contribution is -0.750. The Morgan fingerprint density at radius 3 is 1.88 bits per heavy atom. The molecule has 0 aromatic carbocycles. The van der Waals surface area contributed by atoms with Crippen molar-refractivity contribution in [2.24, 2.45) is 0 Å². The Labute approximate surface area is 45.0 Å². The predicted molar refractivity (Wildman–Crippen MR) is 22.2 cm³/mol. The summed E-state index contributed by atoms with van der Waals surface area (Å²) in [5.41, 5.74) is 0. The van der Waals surface area contributed by atoms with Crippen molar-refractivity contribution in [2.75, 3.05) is 0 Å². The second kappa shape index (κ2) is 1.61. The average molecular weight is 113 g/mol. The molecule has 0 N–H and O–H groups in total. The fourth-order valence-corrected chi connectivity index (χ4v) is 0.333. The van der Waals surface area contributed by atoms with Gasteiger partial charge in [-0.3, -0.25) is 0 Å². The van der Waals surface area contributed by atoms with E-state index in [-0.39, 0.29) is 0 Å². The molecule has 0 radical (unpaired) electrons. The van der Waals surface area contributed by atoms with Gasteiger partial charge in [0.25, 0.3) is 0 Å². The topological polar surface area (TPSA) is 66.8 Å². The number of aromatic nitrogens is 3. The molecule has 0 unspecified atom stereocenters. The monoisotopic (exact) mass is 113 g/mol. The van der Waals surface area contributed by atoms with Gasteiger partial charge in [0.15, 0.2) is 0 Å². The van der Waals surface area contributed by atoms with Crippen molar-refractivity contribution in [1.82, 2.24) is 4.98 Å². The smallest absolute Gasteiger partial charge is 0.363 e. The van der Waals surface area contributed by atoms with Crippen molar-refractivity contribution in [3.05, 3.63) is 29.4 Å². The van der Waals surface area contributed by atoms with E-state index < -0.39 is 0 Å². The van der Waals surface area contributed by atoms with Crippen LogP contribution in [0.3, 0.4) is 0 Å². The van der Waals surface area contributed by atoms with Crippen LogP contribution in [-0.2, 0) is 0 Å². The van der Waals surface area contributed by atoms with E-state index in [0.29, 0.717) is 9.46 Å². The molecule has 5 nitrogen and oxygen atoms in total. The van der Waals surface area contributed by atoms with Gasteiger partial charge < -0.3 is 10.4 Å². The molecule has 1 heterocycles. The molecule has 1 aromatic heterocycles. The number of rotatable bonds is 0. The largest absolute Gasteiger partial charge is 0.676 e. The summed E-state index contributed by atoms with van der Waals surface area (Å²) >= 11 is 0. The molecule has 0 aliphatic carbocycles. The molecule has 1 aromatic rings. The molecule has 0 spiro atoms. The summed E-state index contributed by atoms with van der Waals surface area (Å²) in [6.07, 6.45) is 2.82. The SMILES string of the molecule is [O-][n+]1cnc[n+]([O-])c1. The van der Waals surface area contributed by atoms with E-state index >= 15 is 0 Å². The maximum atomic E-state index is 10.1. The Bertz CT molecular complexity index is 172. The van der Waals surface area contributed by atoms with E-state index in [9.17, 15) is 10.4 Å². The Morgan fingerprint density at radius 1 is 1.12 bits per heavy atom. The third kappa shape index (κ3) is 0.810. The first-order chi connectivity index (χ1) is 3.79. The summed E-state index contributed by atoms with van der Waals surface area (Å²) in [5.74, 6) is 0. The molecule has 5 heteroatoms. The standard InChI is InChI=1S/C3H3N3O2/c7-5-1-4-2-6(8)3-5/h1-3H. The van der Waals surface area contributed by atoms with Gasteiger partial charge in [-0.2, -0.15) is 9.46 Å². The Morgan fingerprint density at radius 2 is 1.62 bits per heavy atom. The quantitative estimate of drug-likeness (QED) is 0.299. The fourth-order valence-electron chi connectivity index (χ4n) is 0.333. The summed E-state index contributed by atoms with van der Waals surface area (Å²) < 4.78 is 0.653. The third-order valence-corrected chi connectivity index (χ3v) is 0.589. The van der Waals surface area contributed by atoms with Gasteiger partial charge in [-0.05, 0) is 0 Å². The molecule has 1 rings (SSSR count). The lowest BCUT2D eigenvalue weighted by atomic mass is 11.1. The summed E-state index contributed by atoms with van der Waals surface area (Å²) in [6.45, 7) is 0. The van der Waals surface area contributed by atoms with Crippen LogP contribution in [0.2, 0.25) is 0 Å². The van der Waals surface area contributed by atoms with Gasteiger partial charge in [0, 0.05) is 0 Å². The Kier molecular flexibility index (Phi) is 0.957. The van der Waals surface area contributed by atoms with E-state index in [1.54, 1.807) is 0 Å². The highest BCUT2D eigenvalue weighted by molar-refractivity contribution is 4.33. The molecule has 0 amide bonds. The van der Waals surface area contributed by atoms with Gasteiger partial charge in [-0.15, -0.1) is 0 Å². The first-order valence-electron chi connectivity index (χ1n) is 1.91. The molecule has 0 atom stereocenters. The van der Waals surface area contributed by atoms with Crippen LogP contribution < -0.4 is 9.46 Å². The zero-order valence-electron chi connectivity index (χ0n) is 3.89. The number of nitrogens with zero attached hydrogens (tertiary/aromatic N) is 3. The summed E-state index contributed by atoms with van der Waals surface area (Å²) in [4.78, 5) is 3.28. The van der Waals surface area contributed by atoms with Crippen LogP contribution in [0.4, 0.5) is 0 Å². The molecule has 0 aliphatic heterocycles. The van der Waals surface area contributed by atoms with Crippen LogP contribution in [0.1, 0.15) is 0 Å². The summed E-state index contributed by atoms with van der Waals surface area (Å²) in [7, 11) is 0. The van der Waals surface area contributed by atoms with Gasteiger partial charge >= 0.3 is 19.0 Å². The first-order valence-corrected chi connectivity index (χ1v) is 1.91. The normalized spacial score (nSPS) is 9.00. The van der Waals surface area contributed by atoms with Crippen molar-refractivity contribution in [3.63, 3.8) is 0 Å². The van der Waals surface area contributed by atoms with Crippen molar-refractivity contribution in [3.8, 4) is 0 Å². The molecule has 0 aliphatic rings. The maximum Gasteiger partial charge on any atom is 0.363 e. The van der Waals surface area contributed by atoms with Crippen molar-refractivity contribution >= 4 is 0 Å². The fraction of sp³-hybridized carbons (Fsp3) is 0. The molecule has 0 saturated heterocycles. The highest BCUT2D eigenvalue weighted by atomic mass is 16.5. The summed E-state index contributed by atoms with van der Waals surface area (Å²) in [6, 6.07) is 0. The molecule has 0 fully saturated rings. The van der Waals surface area contributed by atoms with Crippen LogP contribution in [-0.4, -0.2) is 4.98 Å². The van der Waals surface area contributed by atoms with Crippen LogP contribution in [0, 0.1) is 10.4 Å². The second-order valence-corrected chi connectivity index (χ2v) is 1.22. The minimum Gasteiger partial charge on any atom is -0.676 e. The lowest BCUT2D eigenvalue weighted by Crippen LogP contribution is -2.40. The van der Waals surface area contributed by atoms with Crippen LogP contribution in [0.15, 0.2) is 19.0 Å². The Hall–Kier alpha value is -1.39. The van der Waals surface area contributed by atoms with Crippen LogP contribution in [0.5, 0.6) is 0 Å². The van der Waals surface area contributed by atoms with E-state index in [2.05, 4.69) is 4.98 Å². The van der Waals surface area contributed by atoms with Gasteiger partial charge in [0.1, 0.15) is 0 Å². The van der Waals surface area contributed by atoms with Crippen molar-refractivity contribution in [1.29, 1.82) is 0 Å². The van der Waals surface area contributed by atoms with E-state index in [1.807, 2.05) is 0 Å². The third-order valence-electron chi connectivity index (χ3n) is 0.589. The molecule has 8 heavy (non-hydrogen) atoms. The van der Waals surface area contributed by atoms with E-state index in [0.717, 1.165) is 19.0 Å². The highest BCUT2D eigenvalue weighted by Crippen LogP contribution is 1.54. The molecular weight excluding hydrogens is 110 g/mol. The summed E-state index contributed by atoms with van der Waals surface area (Å²) in [5, 5.41) is 20.2. The van der Waals surface area contributed by atoms with Crippen LogP contribution >= 0.6 is 0 Å². The van der Waals surface area contributed by atoms with Gasteiger partial charge in [0.2, 0.25) is 0 Å². The van der Waals surface area contributed by atoms with E-state index in [1.165, 1.54) is 0 Å². The average Bonchev–Trinajstić information content (AvgIpc) is 1.64. The van der Waals surface area contributed by atoms with Crippen LogP contribution in [0.25, 0.3) is 0 Å². The van der Waals surface area contributed by atoms with Gasteiger partial charge in [0.05, 0.1) is 4.98 Å². The maximum absolute atomic E-state index is 10.1. The molecule has 42 valence electrons. The lowest BCUT2D eigenvalue weighted by Gasteiger charge is -1.94. The minimum atomic E-state index is 0.326. The highest BCUT2D eigenvalue weighted by Gasteiger charge is 1.90. The first kappa shape index (κ1) is 4.76. The Balaban J connectivity index is 3.08. The van der Waals surface area contributed by atoms with Gasteiger partial charge in [-0.1, -0.05) is 0 Å². The number of hydrogen-bond acceptors (Lipinski definition) is 3. The van der Waals surface area contributed by atoms with Gasteiger partial charge in [-0.25, -0.2) is 0 Å². The predicted octanol–water partition coefficient (Wildman–Crippen LogP) is -1.65.